The third-order valence-electron chi connectivity index (χ3n) is 12.7. The maximum atomic E-state index is 14.8. The molecular formula is C39H46N4O6S. The van der Waals surface area contributed by atoms with Crippen molar-refractivity contribution in [2.24, 2.45) is 11.8 Å². The van der Waals surface area contributed by atoms with Gasteiger partial charge in [-0.2, -0.15) is 0 Å². The molecule has 2 aromatic rings. The molecule has 7 aliphatic rings. The predicted octanol–water partition coefficient (Wildman–Crippen LogP) is 5.06. The van der Waals surface area contributed by atoms with E-state index in [1.165, 1.54) is 24.8 Å². The van der Waals surface area contributed by atoms with Crippen molar-refractivity contribution in [1.29, 1.82) is 0 Å². The van der Waals surface area contributed by atoms with Crippen LogP contribution in [0.3, 0.4) is 0 Å². The van der Waals surface area contributed by atoms with Crippen molar-refractivity contribution in [1.82, 2.24) is 19.1 Å². The number of ether oxygens (including phenoxy) is 1. The number of piperidine rings is 1. The molecule has 10 nitrogen and oxygen atoms in total. The standard InChI is InChI=1S/C39H46N4O6S/c1-22(44)42-17-7-10-24-19-41(21-32(24)42)39(46)28-12-6-11-27-34(28)31-18-29-33(49-2)16-15-26(23-8-4-3-5-9-23)37(29)43(31)20-30-35(27)36(30)38(45)40-50(47,48)25-13-14-25/h6,11,15-16,18,23-25,28,32,34H,3-5,7-10,12-14,17,19-21H2,1-2H3,(H,40,45)/t24?,28-,32?,34?/m1/s1. The Bertz CT molecular complexity index is 2030. The number of hydrogen-bond donors (Lipinski definition) is 1. The first-order valence-corrected chi connectivity index (χ1v) is 20.2. The van der Waals surface area contributed by atoms with E-state index in [4.69, 9.17) is 4.74 Å². The number of allylic oxidation sites excluding steroid dienone is 4. The van der Waals surface area contributed by atoms with Crippen molar-refractivity contribution >= 4 is 38.6 Å². The molecule has 11 heteroatoms. The molecule has 0 spiro atoms. The average molecular weight is 699 g/mol. The Morgan fingerprint density at radius 2 is 1.78 bits per heavy atom. The van der Waals surface area contributed by atoms with Crippen molar-refractivity contribution < 1.29 is 27.5 Å². The Labute approximate surface area is 293 Å². The Morgan fingerprint density at radius 3 is 2.52 bits per heavy atom. The lowest BCUT2D eigenvalue weighted by Crippen LogP contribution is -2.47. The number of carbonyl (C=O) groups excluding carboxylic acids is 3. The number of methoxy groups -OCH3 is 1. The number of benzene rings is 1. The van der Waals surface area contributed by atoms with Gasteiger partial charge >= 0.3 is 0 Å². The second-order valence-electron chi connectivity index (χ2n) is 15.6. The summed E-state index contributed by atoms with van der Waals surface area (Å²) in [4.78, 5) is 45.0. The molecule has 3 amide bonds. The molecule has 4 fully saturated rings. The van der Waals surface area contributed by atoms with Gasteiger partial charge in [0.15, 0.2) is 0 Å². The van der Waals surface area contributed by atoms with E-state index in [1.54, 1.807) is 14.0 Å². The summed E-state index contributed by atoms with van der Waals surface area (Å²) in [5.74, 6) is 0.327. The molecule has 0 radical (unpaired) electrons. The van der Waals surface area contributed by atoms with Crippen molar-refractivity contribution in [3.05, 3.63) is 63.9 Å². The lowest BCUT2D eigenvalue weighted by Gasteiger charge is -2.36. The van der Waals surface area contributed by atoms with Crippen LogP contribution in [0.15, 0.2) is 52.6 Å². The number of amides is 3. The van der Waals surface area contributed by atoms with E-state index in [1.807, 2.05) is 15.9 Å². The van der Waals surface area contributed by atoms with Gasteiger partial charge < -0.3 is 19.1 Å². The Hall–Kier alpha value is -3.86. The summed E-state index contributed by atoms with van der Waals surface area (Å²) in [6.45, 7) is 3.99. The van der Waals surface area contributed by atoms with Crippen LogP contribution in [0.2, 0.25) is 0 Å². The maximum Gasteiger partial charge on any atom is 0.265 e. The monoisotopic (exact) mass is 698 g/mol. The lowest BCUT2D eigenvalue weighted by molar-refractivity contribution is -0.136. The fourth-order valence-corrected chi connectivity index (χ4v) is 11.4. The number of likely N-dealkylation sites (tertiary alicyclic amines) is 2. The van der Waals surface area contributed by atoms with Crippen LogP contribution in [0, 0.1) is 11.8 Å². The number of aromatic nitrogens is 1. The first kappa shape index (κ1) is 32.1. The first-order valence-electron chi connectivity index (χ1n) is 18.6. The van der Waals surface area contributed by atoms with Crippen molar-refractivity contribution in [2.45, 2.75) is 101 Å². The summed E-state index contributed by atoms with van der Waals surface area (Å²) < 4.78 is 36.5. The van der Waals surface area contributed by atoms with Gasteiger partial charge in [0.1, 0.15) is 5.75 Å². The highest BCUT2D eigenvalue weighted by Crippen LogP contribution is 2.55. The van der Waals surface area contributed by atoms with Crippen LogP contribution in [-0.4, -0.2) is 78.5 Å². The fraction of sp³-hybridized carbons (Fsp3) is 0.564. The summed E-state index contributed by atoms with van der Waals surface area (Å²) in [7, 11) is -2.04. The van der Waals surface area contributed by atoms with Crippen LogP contribution in [0.1, 0.15) is 94.2 Å². The number of nitrogens with zero attached hydrogens (tertiary/aromatic N) is 3. The van der Waals surface area contributed by atoms with Crippen LogP contribution in [0.25, 0.3) is 10.9 Å². The topological polar surface area (TPSA) is 118 Å². The normalized spacial score (nSPS) is 27.8. The smallest absolute Gasteiger partial charge is 0.265 e. The summed E-state index contributed by atoms with van der Waals surface area (Å²) >= 11 is 0. The fourth-order valence-electron chi connectivity index (χ4n) is 10.1. The van der Waals surface area contributed by atoms with Gasteiger partial charge in [-0.15, -0.1) is 0 Å². The molecule has 0 bridgehead atoms. The molecule has 4 atom stereocenters. The van der Waals surface area contributed by atoms with Gasteiger partial charge in [0.25, 0.3) is 5.91 Å². The molecule has 3 unspecified atom stereocenters. The van der Waals surface area contributed by atoms with Crippen molar-refractivity contribution in [3.8, 4) is 5.75 Å². The van der Waals surface area contributed by atoms with E-state index < -0.39 is 27.1 Å². The largest absolute Gasteiger partial charge is 0.496 e. The van der Waals surface area contributed by atoms with Gasteiger partial charge in [-0.05, 0) is 91.2 Å². The third-order valence-corrected chi connectivity index (χ3v) is 14.5. The molecule has 9 rings (SSSR count). The highest BCUT2D eigenvalue weighted by Gasteiger charge is 2.50. The number of sulfonamides is 1. The molecule has 2 saturated heterocycles. The maximum absolute atomic E-state index is 14.8. The minimum atomic E-state index is -3.73. The Kier molecular flexibility index (Phi) is 7.60. The number of carbonyl (C=O) groups is 3. The summed E-state index contributed by atoms with van der Waals surface area (Å²) in [5, 5.41) is 0.512. The zero-order chi connectivity index (χ0) is 34.5. The zero-order valence-electron chi connectivity index (χ0n) is 28.9. The molecule has 1 aromatic heterocycles. The summed E-state index contributed by atoms with van der Waals surface area (Å²) in [5.41, 5.74) is 6.45. The van der Waals surface area contributed by atoms with E-state index in [0.717, 1.165) is 71.3 Å². The Balaban J connectivity index is 1.17. The molecular weight excluding hydrogens is 653 g/mol. The van der Waals surface area contributed by atoms with Gasteiger partial charge in [0, 0.05) is 50.1 Å². The average Bonchev–Trinajstić information content (AvgIpc) is 4.02. The molecule has 3 aliphatic heterocycles. The van der Waals surface area contributed by atoms with Gasteiger partial charge in [-0.3, -0.25) is 14.4 Å². The van der Waals surface area contributed by atoms with Crippen molar-refractivity contribution in [2.75, 3.05) is 26.7 Å². The Morgan fingerprint density at radius 1 is 0.980 bits per heavy atom. The van der Waals surface area contributed by atoms with Gasteiger partial charge in [-0.25, -0.2) is 13.1 Å². The predicted molar refractivity (Wildman–Crippen MR) is 189 cm³/mol. The SMILES string of the molecule is COc1ccc(C2CCCCC2)c2c1cc1n2CC2=C(C(=O)NS(=O)(=O)C3CC3)C2=C2C=CC[C@@H](C(=O)N3CC4CCCN(C(C)=O)C4C3)C21. The minimum absolute atomic E-state index is 0.0467. The molecule has 4 aliphatic carbocycles. The van der Waals surface area contributed by atoms with Crippen LogP contribution in [-0.2, 0) is 31.0 Å². The number of rotatable bonds is 6. The van der Waals surface area contributed by atoms with E-state index >= 15 is 0 Å². The van der Waals surface area contributed by atoms with Crippen LogP contribution in [0.4, 0.5) is 0 Å². The minimum Gasteiger partial charge on any atom is -0.496 e. The highest BCUT2D eigenvalue weighted by atomic mass is 32.2. The molecule has 4 heterocycles. The molecule has 264 valence electrons. The molecule has 1 N–H and O–H groups in total. The lowest BCUT2D eigenvalue weighted by atomic mass is 9.76. The van der Waals surface area contributed by atoms with Crippen LogP contribution in [0.5, 0.6) is 5.75 Å². The van der Waals surface area contributed by atoms with Crippen LogP contribution < -0.4 is 9.46 Å². The third kappa shape index (κ3) is 5.08. The van der Waals surface area contributed by atoms with E-state index in [2.05, 4.69) is 33.6 Å². The van der Waals surface area contributed by atoms with Gasteiger partial charge in [0.05, 0.1) is 35.4 Å². The molecule has 50 heavy (non-hydrogen) atoms. The van der Waals surface area contributed by atoms with E-state index in [0.29, 0.717) is 50.4 Å². The zero-order valence-corrected chi connectivity index (χ0v) is 29.8. The van der Waals surface area contributed by atoms with Crippen molar-refractivity contribution in [3.63, 3.8) is 0 Å². The van der Waals surface area contributed by atoms with Gasteiger partial charge in [-0.1, -0.05) is 37.5 Å². The van der Waals surface area contributed by atoms with E-state index in [-0.39, 0.29) is 29.7 Å². The number of nitrogens with one attached hydrogen (secondary N) is 1. The highest BCUT2D eigenvalue weighted by molar-refractivity contribution is 7.91. The molecule has 2 saturated carbocycles. The number of hydrogen-bond acceptors (Lipinski definition) is 6. The molecule has 1 aromatic carbocycles. The second kappa shape index (κ2) is 11.9. The van der Waals surface area contributed by atoms with Gasteiger partial charge in [0.2, 0.25) is 21.8 Å². The van der Waals surface area contributed by atoms with E-state index in [9.17, 15) is 22.8 Å². The second-order valence-corrected chi connectivity index (χ2v) is 17.6. The number of fused-ring (bicyclic) bond motifs is 7. The summed E-state index contributed by atoms with van der Waals surface area (Å²) in [6.07, 6.45) is 13.6. The summed E-state index contributed by atoms with van der Waals surface area (Å²) in [6, 6.07) is 6.54. The quantitative estimate of drug-likeness (QED) is 0.451. The van der Waals surface area contributed by atoms with Crippen LogP contribution >= 0.6 is 0 Å². The first-order chi connectivity index (χ1) is 24.2.